The van der Waals surface area contributed by atoms with Crippen molar-refractivity contribution >= 4 is 36.4 Å². The van der Waals surface area contributed by atoms with Gasteiger partial charge in [-0.05, 0) is 25.3 Å². The fourth-order valence-electron chi connectivity index (χ4n) is 1.55. The molecule has 0 atom stereocenters. The van der Waals surface area contributed by atoms with E-state index in [1.807, 2.05) is 13.2 Å². The van der Waals surface area contributed by atoms with Crippen molar-refractivity contribution in [2.45, 2.75) is 12.8 Å². The van der Waals surface area contributed by atoms with Gasteiger partial charge in [-0.15, -0.1) is 24.8 Å². The molecule has 1 aliphatic carbocycles. The molecule has 2 rings (SSSR count). The van der Waals surface area contributed by atoms with Gasteiger partial charge in [0.2, 0.25) is 5.91 Å². The summed E-state index contributed by atoms with van der Waals surface area (Å²) in [6.45, 7) is 1.37. The van der Waals surface area contributed by atoms with Gasteiger partial charge in [-0.1, -0.05) is 0 Å². The molecular formula is C11H20Cl2N4O. The molecule has 0 aromatic carbocycles. The van der Waals surface area contributed by atoms with Gasteiger partial charge in [0, 0.05) is 20.3 Å². The quantitative estimate of drug-likeness (QED) is 0.889. The number of hydrogen-bond acceptors (Lipinski definition) is 3. The van der Waals surface area contributed by atoms with Crippen LogP contribution < -0.4 is 10.2 Å². The molecule has 0 unspecified atom stereocenters. The van der Waals surface area contributed by atoms with E-state index in [-0.39, 0.29) is 30.7 Å². The maximum Gasteiger partial charge on any atom is 0.240 e. The first-order valence-electron chi connectivity index (χ1n) is 5.62. The van der Waals surface area contributed by atoms with Gasteiger partial charge in [0.25, 0.3) is 0 Å². The largest absolute Gasteiger partial charge is 0.312 e. The van der Waals surface area contributed by atoms with E-state index in [9.17, 15) is 4.79 Å². The molecular weight excluding hydrogens is 275 g/mol. The molecule has 1 saturated carbocycles. The molecule has 1 heterocycles. The number of nitrogens with zero attached hydrogens (tertiary/aromatic N) is 3. The van der Waals surface area contributed by atoms with Gasteiger partial charge < -0.3 is 10.2 Å². The highest BCUT2D eigenvalue weighted by Crippen LogP contribution is 2.27. The fraction of sp³-hybridized carbons (Fsp3) is 0.636. The van der Waals surface area contributed by atoms with Gasteiger partial charge in [0.05, 0.1) is 18.4 Å². The third-order valence-corrected chi connectivity index (χ3v) is 2.86. The Labute approximate surface area is 120 Å². The van der Waals surface area contributed by atoms with Crippen molar-refractivity contribution in [3.63, 3.8) is 0 Å². The zero-order valence-electron chi connectivity index (χ0n) is 10.6. The molecule has 104 valence electrons. The van der Waals surface area contributed by atoms with Crippen LogP contribution in [-0.4, -0.2) is 35.8 Å². The number of rotatable bonds is 5. The minimum absolute atomic E-state index is 0. The summed E-state index contributed by atoms with van der Waals surface area (Å²) in [4.78, 5) is 13.4. The first-order valence-corrected chi connectivity index (χ1v) is 5.62. The fourth-order valence-corrected chi connectivity index (χ4v) is 1.55. The number of amides is 1. The lowest BCUT2D eigenvalue weighted by atomic mass is 10.4. The van der Waals surface area contributed by atoms with Gasteiger partial charge >= 0.3 is 0 Å². The number of halogens is 2. The molecule has 1 aliphatic rings. The van der Waals surface area contributed by atoms with Crippen LogP contribution in [0, 0.1) is 5.92 Å². The Morgan fingerprint density at radius 3 is 2.72 bits per heavy atom. The lowest BCUT2D eigenvalue weighted by molar-refractivity contribution is -0.117. The van der Waals surface area contributed by atoms with Crippen LogP contribution in [0.25, 0.3) is 0 Å². The zero-order chi connectivity index (χ0) is 11.5. The molecule has 0 aliphatic heterocycles. The zero-order valence-corrected chi connectivity index (χ0v) is 12.3. The molecule has 7 heteroatoms. The normalized spacial score (nSPS) is 13.4. The number of aromatic nitrogens is 2. The first kappa shape index (κ1) is 17.2. The van der Waals surface area contributed by atoms with Gasteiger partial charge in [0.1, 0.15) is 0 Å². The predicted molar refractivity (Wildman–Crippen MR) is 76.7 cm³/mol. The summed E-state index contributed by atoms with van der Waals surface area (Å²) in [7, 11) is 3.62. The van der Waals surface area contributed by atoms with Crippen molar-refractivity contribution in [1.82, 2.24) is 15.1 Å². The summed E-state index contributed by atoms with van der Waals surface area (Å²) in [6, 6.07) is 0. The highest BCUT2D eigenvalue weighted by Gasteiger charge is 2.21. The standard InChI is InChI=1S/C11H18N4O.2ClH/c1-14-8-10(6-13-14)15(2)11(16)7-12-5-9-3-4-9;;/h6,8-9,12H,3-5,7H2,1-2H3;2*1H. The number of carbonyl (C=O) groups is 1. The number of aryl methyl sites for hydroxylation is 1. The van der Waals surface area contributed by atoms with Crippen LogP contribution in [0.4, 0.5) is 5.69 Å². The molecule has 0 spiro atoms. The Balaban J connectivity index is 0.00000144. The molecule has 5 nitrogen and oxygen atoms in total. The van der Waals surface area contributed by atoms with Crippen LogP contribution in [0.1, 0.15) is 12.8 Å². The van der Waals surface area contributed by atoms with Crippen LogP contribution in [0.15, 0.2) is 12.4 Å². The van der Waals surface area contributed by atoms with Crippen molar-refractivity contribution in [3.05, 3.63) is 12.4 Å². The topological polar surface area (TPSA) is 50.2 Å². The van der Waals surface area contributed by atoms with Gasteiger partial charge in [0.15, 0.2) is 0 Å². The number of anilines is 1. The Hall–Kier alpha value is -0.780. The van der Waals surface area contributed by atoms with Crippen LogP contribution in [-0.2, 0) is 11.8 Å². The van der Waals surface area contributed by atoms with E-state index in [1.165, 1.54) is 12.8 Å². The SMILES string of the molecule is CN(C(=O)CNCC1CC1)c1cnn(C)c1.Cl.Cl. The Morgan fingerprint density at radius 1 is 1.56 bits per heavy atom. The average Bonchev–Trinajstić information content (AvgIpc) is 2.98. The van der Waals surface area contributed by atoms with Crippen LogP contribution in [0.5, 0.6) is 0 Å². The third kappa shape index (κ3) is 4.84. The smallest absolute Gasteiger partial charge is 0.240 e. The number of nitrogens with one attached hydrogen (secondary N) is 1. The van der Waals surface area contributed by atoms with Crippen molar-refractivity contribution in [3.8, 4) is 0 Å². The Bertz CT molecular complexity index is 379. The first-order chi connectivity index (χ1) is 7.66. The summed E-state index contributed by atoms with van der Waals surface area (Å²) < 4.78 is 1.69. The summed E-state index contributed by atoms with van der Waals surface area (Å²) in [5.74, 6) is 0.880. The summed E-state index contributed by atoms with van der Waals surface area (Å²) in [5, 5.41) is 7.23. The Morgan fingerprint density at radius 2 is 2.22 bits per heavy atom. The minimum Gasteiger partial charge on any atom is -0.312 e. The molecule has 0 radical (unpaired) electrons. The summed E-state index contributed by atoms with van der Waals surface area (Å²) >= 11 is 0. The average molecular weight is 295 g/mol. The lowest BCUT2D eigenvalue weighted by Crippen LogP contribution is -2.36. The Kier molecular flexibility index (Phi) is 7.28. The predicted octanol–water partition coefficient (Wildman–Crippen LogP) is 1.23. The van der Waals surface area contributed by atoms with Crippen molar-refractivity contribution < 1.29 is 4.79 Å². The van der Waals surface area contributed by atoms with E-state index in [0.717, 1.165) is 18.2 Å². The van der Waals surface area contributed by atoms with Crippen LogP contribution in [0.2, 0.25) is 0 Å². The van der Waals surface area contributed by atoms with Gasteiger partial charge in [-0.2, -0.15) is 5.10 Å². The van der Waals surface area contributed by atoms with Crippen LogP contribution in [0.3, 0.4) is 0 Å². The van der Waals surface area contributed by atoms with E-state index in [0.29, 0.717) is 6.54 Å². The second-order valence-electron chi connectivity index (χ2n) is 4.40. The van der Waals surface area contributed by atoms with Gasteiger partial charge in [-0.3, -0.25) is 9.48 Å². The number of carbonyl (C=O) groups excluding carboxylic acids is 1. The molecule has 1 N–H and O–H groups in total. The van der Waals surface area contributed by atoms with E-state index in [1.54, 1.807) is 22.8 Å². The lowest BCUT2D eigenvalue weighted by Gasteiger charge is -2.15. The highest BCUT2D eigenvalue weighted by molar-refractivity contribution is 5.93. The van der Waals surface area contributed by atoms with E-state index < -0.39 is 0 Å². The van der Waals surface area contributed by atoms with E-state index in [4.69, 9.17) is 0 Å². The minimum atomic E-state index is 0. The number of hydrogen-bond donors (Lipinski definition) is 1. The molecule has 1 aromatic heterocycles. The van der Waals surface area contributed by atoms with Crippen molar-refractivity contribution in [1.29, 1.82) is 0 Å². The summed E-state index contributed by atoms with van der Waals surface area (Å²) in [6.07, 6.45) is 6.14. The summed E-state index contributed by atoms with van der Waals surface area (Å²) in [5.41, 5.74) is 0.834. The molecule has 1 aromatic rings. The maximum absolute atomic E-state index is 11.8. The second-order valence-corrected chi connectivity index (χ2v) is 4.40. The third-order valence-electron chi connectivity index (χ3n) is 2.86. The molecule has 0 saturated heterocycles. The molecule has 1 fully saturated rings. The van der Waals surface area contributed by atoms with Gasteiger partial charge in [-0.25, -0.2) is 0 Å². The van der Waals surface area contributed by atoms with Crippen LogP contribution >= 0.6 is 24.8 Å². The van der Waals surface area contributed by atoms with E-state index in [2.05, 4.69) is 10.4 Å². The van der Waals surface area contributed by atoms with Crippen molar-refractivity contribution in [2.75, 3.05) is 25.0 Å². The van der Waals surface area contributed by atoms with Crippen molar-refractivity contribution in [2.24, 2.45) is 13.0 Å². The second kappa shape index (κ2) is 7.61. The maximum atomic E-state index is 11.8. The molecule has 18 heavy (non-hydrogen) atoms. The highest BCUT2D eigenvalue weighted by atomic mass is 35.5. The molecule has 1 amide bonds. The molecule has 0 bridgehead atoms. The number of likely N-dealkylation sites (N-methyl/N-ethyl adjacent to an activating group) is 1. The van der Waals surface area contributed by atoms with E-state index >= 15 is 0 Å². The monoisotopic (exact) mass is 294 g/mol.